The summed E-state index contributed by atoms with van der Waals surface area (Å²) in [5.41, 5.74) is 8.55. The van der Waals surface area contributed by atoms with Crippen LogP contribution in [0.5, 0.6) is 0 Å². The van der Waals surface area contributed by atoms with Gasteiger partial charge >= 0.3 is 0 Å². The number of nitrogens with zero attached hydrogens (tertiary/aromatic N) is 2. The van der Waals surface area contributed by atoms with Crippen molar-refractivity contribution in [3.63, 3.8) is 0 Å². The van der Waals surface area contributed by atoms with Crippen LogP contribution in [0.1, 0.15) is 25.0 Å². The molecule has 17 heavy (non-hydrogen) atoms. The lowest BCUT2D eigenvalue weighted by molar-refractivity contribution is 0.545. The zero-order valence-corrected chi connectivity index (χ0v) is 10.3. The molecule has 0 amide bonds. The summed E-state index contributed by atoms with van der Waals surface area (Å²) in [5.74, 6) is 0.782. The van der Waals surface area contributed by atoms with Gasteiger partial charge in [-0.25, -0.2) is 0 Å². The number of benzene rings is 1. The zero-order chi connectivity index (χ0) is 11.8. The molecule has 1 unspecified atom stereocenters. The quantitative estimate of drug-likeness (QED) is 0.873. The van der Waals surface area contributed by atoms with Crippen LogP contribution in [-0.4, -0.2) is 15.8 Å². The maximum Gasteiger partial charge on any atom is 0.0703 e. The van der Waals surface area contributed by atoms with Crippen molar-refractivity contribution in [2.45, 2.75) is 31.7 Å². The fraction of sp³-hybridized carbons (Fsp3) is 0.500. The molecule has 1 aromatic heterocycles. The molecular formula is C14H19N3. The van der Waals surface area contributed by atoms with Crippen LogP contribution in [0.2, 0.25) is 0 Å². The predicted molar refractivity (Wildman–Crippen MR) is 69.7 cm³/mol. The number of para-hydroxylation sites is 1. The van der Waals surface area contributed by atoms with Crippen molar-refractivity contribution in [3.8, 4) is 0 Å². The van der Waals surface area contributed by atoms with Gasteiger partial charge in [-0.05, 0) is 37.7 Å². The number of aromatic nitrogens is 2. The molecule has 0 aliphatic heterocycles. The topological polar surface area (TPSA) is 43.8 Å². The smallest absolute Gasteiger partial charge is 0.0703 e. The third-order valence-corrected chi connectivity index (χ3v) is 3.78. The van der Waals surface area contributed by atoms with E-state index in [-0.39, 0.29) is 0 Å². The van der Waals surface area contributed by atoms with Gasteiger partial charge in [-0.15, -0.1) is 0 Å². The zero-order valence-electron chi connectivity index (χ0n) is 10.3. The third-order valence-electron chi connectivity index (χ3n) is 3.78. The first-order valence-electron chi connectivity index (χ1n) is 6.42. The SMILES string of the molecule is Cn1nc(CCC(N)C2CC2)c2ccccc21. The highest BCUT2D eigenvalue weighted by Gasteiger charge is 2.28. The molecule has 0 bridgehead atoms. The standard InChI is InChI=1S/C14H19N3/c1-17-14-5-3-2-4-11(14)13(16-17)9-8-12(15)10-6-7-10/h2-5,10,12H,6-9,15H2,1H3. The summed E-state index contributed by atoms with van der Waals surface area (Å²) < 4.78 is 1.97. The molecule has 2 N–H and O–H groups in total. The van der Waals surface area contributed by atoms with Gasteiger partial charge in [0.2, 0.25) is 0 Å². The van der Waals surface area contributed by atoms with Gasteiger partial charge in [0.15, 0.2) is 0 Å². The van der Waals surface area contributed by atoms with Crippen molar-refractivity contribution >= 4 is 10.9 Å². The van der Waals surface area contributed by atoms with E-state index in [1.165, 1.54) is 29.4 Å². The van der Waals surface area contributed by atoms with Gasteiger partial charge in [0.05, 0.1) is 11.2 Å². The van der Waals surface area contributed by atoms with Crippen molar-refractivity contribution in [1.29, 1.82) is 0 Å². The second-order valence-electron chi connectivity index (χ2n) is 5.13. The minimum absolute atomic E-state index is 0.371. The van der Waals surface area contributed by atoms with Gasteiger partial charge in [0.25, 0.3) is 0 Å². The van der Waals surface area contributed by atoms with E-state index in [1.807, 2.05) is 11.7 Å². The first-order chi connectivity index (χ1) is 8.25. The summed E-state index contributed by atoms with van der Waals surface area (Å²) in [6, 6.07) is 8.78. The highest BCUT2D eigenvalue weighted by molar-refractivity contribution is 5.81. The lowest BCUT2D eigenvalue weighted by atomic mass is 10.0. The second-order valence-corrected chi connectivity index (χ2v) is 5.13. The molecule has 2 aromatic rings. The summed E-state index contributed by atoms with van der Waals surface area (Å²) in [5, 5.41) is 5.88. The fourth-order valence-electron chi connectivity index (χ4n) is 2.54. The van der Waals surface area contributed by atoms with Crippen LogP contribution in [0.15, 0.2) is 24.3 Å². The molecule has 1 aliphatic rings. The van der Waals surface area contributed by atoms with Crippen molar-refractivity contribution in [2.24, 2.45) is 18.7 Å². The average Bonchev–Trinajstić information content (AvgIpc) is 3.14. The molecular weight excluding hydrogens is 210 g/mol. The van der Waals surface area contributed by atoms with E-state index >= 15 is 0 Å². The molecule has 3 heteroatoms. The van der Waals surface area contributed by atoms with E-state index in [1.54, 1.807) is 0 Å². The monoisotopic (exact) mass is 229 g/mol. The number of nitrogens with two attached hydrogens (primary N) is 1. The Bertz CT molecular complexity index is 525. The van der Waals surface area contributed by atoms with Crippen LogP contribution in [0.25, 0.3) is 10.9 Å². The van der Waals surface area contributed by atoms with Gasteiger partial charge < -0.3 is 5.73 Å². The van der Waals surface area contributed by atoms with E-state index in [0.717, 1.165) is 18.8 Å². The molecule has 1 saturated carbocycles. The van der Waals surface area contributed by atoms with E-state index in [0.29, 0.717) is 6.04 Å². The maximum absolute atomic E-state index is 6.14. The van der Waals surface area contributed by atoms with E-state index in [9.17, 15) is 0 Å². The Morgan fingerprint density at radius 3 is 2.94 bits per heavy atom. The normalized spacial score (nSPS) is 17.5. The van der Waals surface area contributed by atoms with E-state index in [4.69, 9.17) is 5.73 Å². The summed E-state index contributed by atoms with van der Waals surface area (Å²) in [6.07, 6.45) is 4.71. The molecule has 0 spiro atoms. The highest BCUT2D eigenvalue weighted by Crippen LogP contribution is 2.33. The molecule has 1 fully saturated rings. The van der Waals surface area contributed by atoms with Gasteiger partial charge in [0.1, 0.15) is 0 Å². The minimum atomic E-state index is 0.371. The van der Waals surface area contributed by atoms with Gasteiger partial charge in [0, 0.05) is 18.5 Å². The fourth-order valence-corrected chi connectivity index (χ4v) is 2.54. The molecule has 1 aliphatic carbocycles. The number of aryl methyl sites for hydroxylation is 2. The molecule has 1 atom stereocenters. The van der Waals surface area contributed by atoms with E-state index in [2.05, 4.69) is 29.4 Å². The molecule has 1 heterocycles. The van der Waals surface area contributed by atoms with Crippen LogP contribution in [0.4, 0.5) is 0 Å². The maximum atomic E-state index is 6.14. The largest absolute Gasteiger partial charge is 0.327 e. The summed E-state index contributed by atoms with van der Waals surface area (Å²) in [6.45, 7) is 0. The molecule has 3 nitrogen and oxygen atoms in total. The average molecular weight is 229 g/mol. The highest BCUT2D eigenvalue weighted by atomic mass is 15.3. The van der Waals surface area contributed by atoms with Crippen LogP contribution < -0.4 is 5.73 Å². The molecule has 0 saturated heterocycles. The minimum Gasteiger partial charge on any atom is -0.327 e. The third kappa shape index (κ3) is 2.07. The van der Waals surface area contributed by atoms with Crippen molar-refractivity contribution in [1.82, 2.24) is 9.78 Å². The Balaban J connectivity index is 1.80. The Labute approximate surface area is 102 Å². The predicted octanol–water partition coefficient (Wildman–Crippen LogP) is 2.24. The van der Waals surface area contributed by atoms with E-state index < -0.39 is 0 Å². The Kier molecular flexibility index (Phi) is 2.63. The van der Waals surface area contributed by atoms with Gasteiger partial charge in [-0.2, -0.15) is 5.10 Å². The lowest BCUT2D eigenvalue weighted by Gasteiger charge is -2.08. The van der Waals surface area contributed by atoms with Gasteiger partial charge in [-0.1, -0.05) is 18.2 Å². The molecule has 90 valence electrons. The summed E-state index contributed by atoms with van der Waals surface area (Å²) in [4.78, 5) is 0. The molecule has 0 radical (unpaired) electrons. The van der Waals surface area contributed by atoms with Crippen LogP contribution in [-0.2, 0) is 13.5 Å². The summed E-state index contributed by atoms with van der Waals surface area (Å²) >= 11 is 0. The Hall–Kier alpha value is -1.35. The number of rotatable bonds is 4. The van der Waals surface area contributed by atoms with Crippen molar-refractivity contribution in [3.05, 3.63) is 30.0 Å². The number of fused-ring (bicyclic) bond motifs is 1. The first kappa shape index (κ1) is 10.8. The van der Waals surface area contributed by atoms with Crippen molar-refractivity contribution < 1.29 is 0 Å². The van der Waals surface area contributed by atoms with Crippen molar-refractivity contribution in [2.75, 3.05) is 0 Å². The Morgan fingerprint density at radius 1 is 1.41 bits per heavy atom. The number of hydrogen-bond acceptors (Lipinski definition) is 2. The number of hydrogen-bond donors (Lipinski definition) is 1. The Morgan fingerprint density at radius 2 is 2.18 bits per heavy atom. The van der Waals surface area contributed by atoms with Crippen LogP contribution in [0, 0.1) is 5.92 Å². The first-order valence-corrected chi connectivity index (χ1v) is 6.42. The van der Waals surface area contributed by atoms with Crippen LogP contribution in [0.3, 0.4) is 0 Å². The lowest BCUT2D eigenvalue weighted by Crippen LogP contribution is -2.23. The summed E-state index contributed by atoms with van der Waals surface area (Å²) in [7, 11) is 2.01. The molecule has 3 rings (SSSR count). The van der Waals surface area contributed by atoms with Gasteiger partial charge in [-0.3, -0.25) is 4.68 Å². The van der Waals surface area contributed by atoms with Crippen LogP contribution >= 0.6 is 0 Å². The molecule has 1 aromatic carbocycles. The second kappa shape index (κ2) is 4.15.